The van der Waals surface area contributed by atoms with Crippen LogP contribution in [0.25, 0.3) is 44.2 Å². The van der Waals surface area contributed by atoms with Gasteiger partial charge in [-0.05, 0) is 58.8 Å². The summed E-state index contributed by atoms with van der Waals surface area (Å²) in [6.07, 6.45) is 0. The third-order valence-corrected chi connectivity index (χ3v) is 5.14. The van der Waals surface area contributed by atoms with Crippen LogP contribution >= 0.6 is 0 Å². The Hall–Kier alpha value is -3.92. The minimum atomic E-state index is 0.141. The highest BCUT2D eigenvalue weighted by Gasteiger charge is 2.13. The number of benzene rings is 4. The summed E-state index contributed by atoms with van der Waals surface area (Å²) in [5.41, 5.74) is 2.30. The molecule has 4 nitrogen and oxygen atoms in total. The third-order valence-electron chi connectivity index (χ3n) is 5.14. The van der Waals surface area contributed by atoms with E-state index in [1.54, 1.807) is 18.2 Å². The molecular weight excluding hydrogens is 372 g/mol. The van der Waals surface area contributed by atoms with Gasteiger partial charge in [-0.1, -0.05) is 48.5 Å². The smallest absolute Gasteiger partial charge is 0.217 e. The lowest BCUT2D eigenvalue weighted by Gasteiger charge is -2.11. The van der Waals surface area contributed by atoms with Crippen molar-refractivity contribution in [3.8, 4) is 34.3 Å². The van der Waals surface area contributed by atoms with Crippen LogP contribution in [0, 0.1) is 0 Å². The molecule has 0 bridgehead atoms. The van der Waals surface area contributed by atoms with Crippen LogP contribution in [0.15, 0.2) is 84.9 Å². The molecule has 1 N–H and O–H groups in total. The minimum Gasteiger partial charge on any atom is -0.507 e. The summed E-state index contributed by atoms with van der Waals surface area (Å²) in [5.74, 6) is 1.06. The van der Waals surface area contributed by atoms with Crippen molar-refractivity contribution in [1.29, 1.82) is 0 Å². The predicted molar refractivity (Wildman–Crippen MR) is 121 cm³/mol. The van der Waals surface area contributed by atoms with Gasteiger partial charge < -0.3 is 9.84 Å². The zero-order valence-electron chi connectivity index (χ0n) is 16.5. The van der Waals surface area contributed by atoms with Gasteiger partial charge >= 0.3 is 0 Å². The van der Waals surface area contributed by atoms with Crippen molar-refractivity contribution in [2.75, 3.05) is 6.61 Å². The summed E-state index contributed by atoms with van der Waals surface area (Å²) in [4.78, 5) is 9.22. The number of hydrogen-bond donors (Lipinski definition) is 1. The lowest BCUT2D eigenvalue weighted by atomic mass is 10.0. The first-order valence-electron chi connectivity index (χ1n) is 9.94. The number of nitrogens with zero attached hydrogens (tertiary/aromatic N) is 2. The lowest BCUT2D eigenvalue weighted by molar-refractivity contribution is 0.327. The van der Waals surface area contributed by atoms with Gasteiger partial charge in [0.05, 0.1) is 17.9 Å². The number of rotatable bonds is 4. The first-order valence-corrected chi connectivity index (χ1v) is 9.94. The molecule has 5 rings (SSSR count). The summed E-state index contributed by atoms with van der Waals surface area (Å²) < 4.78 is 5.68. The van der Waals surface area contributed by atoms with Gasteiger partial charge in [-0.15, -0.1) is 0 Å². The number of aromatic hydroxyl groups is 1. The molecule has 0 saturated heterocycles. The molecule has 0 fully saturated rings. The Morgan fingerprint density at radius 1 is 0.733 bits per heavy atom. The van der Waals surface area contributed by atoms with Gasteiger partial charge in [0.1, 0.15) is 5.75 Å². The summed E-state index contributed by atoms with van der Waals surface area (Å²) in [6, 6.07) is 28.0. The fourth-order valence-corrected chi connectivity index (χ4v) is 3.68. The second-order valence-electron chi connectivity index (χ2n) is 7.13. The minimum absolute atomic E-state index is 0.141. The number of aromatic nitrogens is 2. The molecule has 0 aliphatic carbocycles. The Kier molecular flexibility index (Phi) is 4.52. The van der Waals surface area contributed by atoms with E-state index >= 15 is 0 Å². The topological polar surface area (TPSA) is 55.2 Å². The third kappa shape index (κ3) is 3.33. The molecule has 0 atom stereocenters. The predicted octanol–water partition coefficient (Wildman–Crippen LogP) is 6.22. The lowest BCUT2D eigenvalue weighted by Crippen LogP contribution is -1.99. The molecule has 1 heterocycles. The molecule has 5 aromatic rings. The molecule has 0 saturated carbocycles. The Morgan fingerprint density at radius 2 is 1.43 bits per heavy atom. The van der Waals surface area contributed by atoms with E-state index in [-0.39, 0.29) is 5.75 Å². The van der Waals surface area contributed by atoms with Crippen LogP contribution in [0.1, 0.15) is 6.92 Å². The zero-order valence-corrected chi connectivity index (χ0v) is 16.5. The maximum absolute atomic E-state index is 10.3. The summed E-state index contributed by atoms with van der Waals surface area (Å²) >= 11 is 0. The number of phenols is 1. The molecule has 0 aliphatic heterocycles. The Balaban J connectivity index is 1.67. The van der Waals surface area contributed by atoms with Gasteiger partial charge in [-0.25, -0.2) is 4.98 Å². The molecule has 1 aromatic heterocycles. The number of phenolic OH excluding ortho intramolecular Hbond substituents is 1. The van der Waals surface area contributed by atoms with Crippen molar-refractivity contribution in [3.63, 3.8) is 0 Å². The standard InChI is InChI=1S/C26H20N2O2/c1-2-30-25-16-23(27-26(28-25)22-9-5-6-10-24(22)29)20-12-11-19-13-17-7-3-4-8-18(17)14-21(19)15-20/h3-16,29H,2H2,1H3. The molecule has 146 valence electrons. The molecule has 30 heavy (non-hydrogen) atoms. The van der Waals surface area contributed by atoms with E-state index in [2.05, 4.69) is 59.6 Å². The van der Waals surface area contributed by atoms with Crippen molar-refractivity contribution in [3.05, 3.63) is 84.9 Å². The Bertz CT molecular complexity index is 1380. The van der Waals surface area contributed by atoms with Crippen molar-refractivity contribution in [2.45, 2.75) is 6.92 Å². The number of hydrogen-bond acceptors (Lipinski definition) is 4. The van der Waals surface area contributed by atoms with Gasteiger partial charge in [0.2, 0.25) is 5.88 Å². The fourth-order valence-electron chi connectivity index (χ4n) is 3.68. The fraction of sp³-hybridized carbons (Fsp3) is 0.0769. The van der Waals surface area contributed by atoms with E-state index in [1.165, 1.54) is 16.2 Å². The van der Waals surface area contributed by atoms with Gasteiger partial charge in [0.15, 0.2) is 5.82 Å². The van der Waals surface area contributed by atoms with E-state index in [0.717, 1.165) is 16.6 Å². The maximum atomic E-state index is 10.3. The highest BCUT2D eigenvalue weighted by atomic mass is 16.5. The SMILES string of the molecule is CCOc1cc(-c2ccc3cc4ccccc4cc3c2)nc(-c2ccccc2O)n1. The quantitative estimate of drug-likeness (QED) is 0.369. The Morgan fingerprint density at radius 3 is 2.20 bits per heavy atom. The van der Waals surface area contributed by atoms with E-state index < -0.39 is 0 Å². The zero-order chi connectivity index (χ0) is 20.5. The monoisotopic (exact) mass is 392 g/mol. The first kappa shape index (κ1) is 18.1. The van der Waals surface area contributed by atoms with E-state index in [4.69, 9.17) is 9.72 Å². The molecule has 0 radical (unpaired) electrons. The van der Waals surface area contributed by atoms with Crippen molar-refractivity contribution < 1.29 is 9.84 Å². The van der Waals surface area contributed by atoms with Crippen LogP contribution in [0.2, 0.25) is 0 Å². The van der Waals surface area contributed by atoms with Crippen LogP contribution in [-0.4, -0.2) is 21.7 Å². The highest BCUT2D eigenvalue weighted by Crippen LogP contribution is 2.32. The van der Waals surface area contributed by atoms with Crippen molar-refractivity contribution in [1.82, 2.24) is 9.97 Å². The largest absolute Gasteiger partial charge is 0.507 e. The van der Waals surface area contributed by atoms with Gasteiger partial charge in [0.25, 0.3) is 0 Å². The van der Waals surface area contributed by atoms with Gasteiger partial charge in [0, 0.05) is 11.6 Å². The van der Waals surface area contributed by atoms with Gasteiger partial charge in [-0.2, -0.15) is 4.98 Å². The molecule has 0 unspecified atom stereocenters. The second kappa shape index (κ2) is 7.48. The van der Waals surface area contributed by atoms with Crippen molar-refractivity contribution in [2.24, 2.45) is 0 Å². The van der Waals surface area contributed by atoms with E-state index in [0.29, 0.717) is 23.9 Å². The van der Waals surface area contributed by atoms with Crippen LogP contribution in [0.5, 0.6) is 11.6 Å². The maximum Gasteiger partial charge on any atom is 0.217 e. The second-order valence-corrected chi connectivity index (χ2v) is 7.13. The van der Waals surface area contributed by atoms with Crippen LogP contribution in [0.4, 0.5) is 0 Å². The van der Waals surface area contributed by atoms with Crippen molar-refractivity contribution >= 4 is 21.5 Å². The molecule has 0 amide bonds. The molecule has 0 aliphatic rings. The van der Waals surface area contributed by atoms with E-state index in [9.17, 15) is 5.11 Å². The summed E-state index contributed by atoms with van der Waals surface area (Å²) in [7, 11) is 0. The summed E-state index contributed by atoms with van der Waals surface area (Å²) in [5, 5.41) is 15.0. The molecule has 0 spiro atoms. The average Bonchev–Trinajstić information content (AvgIpc) is 2.77. The molecule has 4 heteroatoms. The number of ether oxygens (including phenoxy) is 1. The molecule has 4 aromatic carbocycles. The van der Waals surface area contributed by atoms with Crippen LogP contribution in [0.3, 0.4) is 0 Å². The van der Waals surface area contributed by atoms with Gasteiger partial charge in [-0.3, -0.25) is 0 Å². The summed E-state index contributed by atoms with van der Waals surface area (Å²) in [6.45, 7) is 2.42. The first-order chi connectivity index (χ1) is 14.7. The number of fused-ring (bicyclic) bond motifs is 2. The normalized spacial score (nSPS) is 11.1. The van der Waals surface area contributed by atoms with Crippen LogP contribution in [-0.2, 0) is 0 Å². The Labute approximate surface area is 174 Å². The van der Waals surface area contributed by atoms with Crippen LogP contribution < -0.4 is 4.74 Å². The molecular formula is C26H20N2O2. The number of para-hydroxylation sites is 1. The average molecular weight is 392 g/mol. The van der Waals surface area contributed by atoms with E-state index in [1.807, 2.05) is 19.1 Å². The highest BCUT2D eigenvalue weighted by molar-refractivity contribution is 5.99.